The molecule has 0 aliphatic carbocycles. The summed E-state index contributed by atoms with van der Waals surface area (Å²) in [4.78, 5) is 13.4. The summed E-state index contributed by atoms with van der Waals surface area (Å²) in [7, 11) is 1.63. The molecule has 0 unspecified atom stereocenters. The van der Waals surface area contributed by atoms with E-state index in [-0.39, 0.29) is 5.56 Å². The monoisotopic (exact) mass is 349 g/mol. The molecule has 0 saturated carbocycles. The predicted octanol–water partition coefficient (Wildman–Crippen LogP) is 2.68. The van der Waals surface area contributed by atoms with Crippen LogP contribution in [0.1, 0.15) is 11.1 Å². The first-order valence-electron chi connectivity index (χ1n) is 7.76. The van der Waals surface area contributed by atoms with Crippen LogP contribution in [-0.4, -0.2) is 21.7 Å². The van der Waals surface area contributed by atoms with E-state index in [1.165, 1.54) is 11.3 Å². The maximum absolute atomic E-state index is 12.8. The molecule has 6 heteroatoms. The number of aromatic nitrogens is 3. The minimum atomic E-state index is -0.0997. The Hall–Kier alpha value is -2.99. The lowest BCUT2D eigenvalue weighted by Crippen LogP contribution is -2.23. The van der Waals surface area contributed by atoms with Crippen LogP contribution in [0.15, 0.2) is 53.3 Å². The van der Waals surface area contributed by atoms with Crippen molar-refractivity contribution in [3.63, 3.8) is 0 Å². The molecule has 0 aliphatic heterocycles. The second-order valence-corrected chi connectivity index (χ2v) is 6.71. The maximum atomic E-state index is 12.8. The van der Waals surface area contributed by atoms with Gasteiger partial charge in [0.25, 0.3) is 5.56 Å². The third-order valence-corrected chi connectivity index (χ3v) is 4.90. The Labute approximate surface area is 147 Å². The fourth-order valence-electron chi connectivity index (χ4n) is 2.69. The average Bonchev–Trinajstić information content (AvgIpc) is 3.17. The molecule has 0 amide bonds. The van der Waals surface area contributed by atoms with Gasteiger partial charge in [-0.15, -0.1) is 10.2 Å². The molecule has 0 radical (unpaired) electrons. The molecule has 0 atom stereocenters. The van der Waals surface area contributed by atoms with Crippen molar-refractivity contribution in [3.8, 4) is 17.1 Å². The third kappa shape index (κ3) is 2.81. The van der Waals surface area contributed by atoms with Crippen molar-refractivity contribution >= 4 is 22.4 Å². The number of hydrogen-bond acceptors (Lipinski definition) is 5. The van der Waals surface area contributed by atoms with Gasteiger partial charge in [0, 0.05) is 5.56 Å². The molecule has 0 saturated heterocycles. The van der Waals surface area contributed by atoms with Gasteiger partial charge in [-0.3, -0.25) is 4.79 Å². The summed E-state index contributed by atoms with van der Waals surface area (Å²) in [6.45, 7) is 2.01. The number of rotatable bonds is 3. The summed E-state index contributed by atoms with van der Waals surface area (Å²) in [5.74, 6) is 1.36. The highest BCUT2D eigenvalue weighted by Crippen LogP contribution is 2.19. The number of benzene rings is 2. The van der Waals surface area contributed by atoms with Crippen LogP contribution >= 0.6 is 11.3 Å². The van der Waals surface area contributed by atoms with E-state index in [1.807, 2.05) is 61.5 Å². The highest BCUT2D eigenvalue weighted by atomic mass is 32.1. The van der Waals surface area contributed by atoms with Crippen molar-refractivity contribution in [1.82, 2.24) is 14.6 Å². The Bertz CT molecular complexity index is 1160. The van der Waals surface area contributed by atoms with Crippen molar-refractivity contribution in [3.05, 3.63) is 74.5 Å². The van der Waals surface area contributed by atoms with E-state index < -0.39 is 0 Å². The summed E-state index contributed by atoms with van der Waals surface area (Å²) in [6, 6.07) is 15.5. The van der Waals surface area contributed by atoms with Gasteiger partial charge in [0.05, 0.1) is 11.6 Å². The first-order valence-corrected chi connectivity index (χ1v) is 8.58. The van der Waals surface area contributed by atoms with Gasteiger partial charge >= 0.3 is 0 Å². The van der Waals surface area contributed by atoms with Crippen LogP contribution in [0.2, 0.25) is 0 Å². The fourth-order valence-corrected chi connectivity index (χ4v) is 3.60. The maximum Gasteiger partial charge on any atom is 0.276 e. The summed E-state index contributed by atoms with van der Waals surface area (Å²) in [5.41, 5.74) is 2.84. The van der Waals surface area contributed by atoms with Crippen molar-refractivity contribution < 1.29 is 4.74 Å². The number of thiazole rings is 1. The van der Waals surface area contributed by atoms with Crippen LogP contribution < -0.4 is 14.8 Å². The molecular formula is C19H15N3O2S. The van der Waals surface area contributed by atoms with E-state index in [9.17, 15) is 4.79 Å². The smallest absolute Gasteiger partial charge is 0.276 e. The first-order chi connectivity index (χ1) is 12.2. The van der Waals surface area contributed by atoms with Crippen LogP contribution in [0.25, 0.3) is 22.4 Å². The normalized spacial score (nSPS) is 12.0. The van der Waals surface area contributed by atoms with E-state index in [0.717, 1.165) is 22.4 Å². The molecule has 2 heterocycles. The van der Waals surface area contributed by atoms with Gasteiger partial charge in [0.1, 0.15) is 5.75 Å². The minimum absolute atomic E-state index is 0.0997. The van der Waals surface area contributed by atoms with Gasteiger partial charge < -0.3 is 4.74 Å². The van der Waals surface area contributed by atoms with Crippen LogP contribution in [0.5, 0.6) is 5.75 Å². The highest BCUT2D eigenvalue weighted by molar-refractivity contribution is 7.15. The Balaban J connectivity index is 1.86. The molecule has 0 N–H and O–H groups in total. The van der Waals surface area contributed by atoms with Crippen molar-refractivity contribution in [1.29, 1.82) is 0 Å². The van der Waals surface area contributed by atoms with E-state index >= 15 is 0 Å². The van der Waals surface area contributed by atoms with Crippen LogP contribution in [0.4, 0.5) is 0 Å². The lowest BCUT2D eigenvalue weighted by atomic mass is 10.1. The standard InChI is InChI=1S/C19H15N3O2S/c1-12-4-3-5-14(10-12)17-20-21-19-22(17)18(23)16(25-19)11-13-6-8-15(24-2)9-7-13/h3-11H,1-2H3/b16-11-. The number of aryl methyl sites for hydroxylation is 1. The molecular weight excluding hydrogens is 334 g/mol. The van der Waals surface area contributed by atoms with Crippen LogP contribution in [0, 0.1) is 6.92 Å². The van der Waals surface area contributed by atoms with Gasteiger partial charge in [-0.2, -0.15) is 0 Å². The van der Waals surface area contributed by atoms with E-state index in [1.54, 1.807) is 11.5 Å². The van der Waals surface area contributed by atoms with Crippen molar-refractivity contribution in [2.24, 2.45) is 0 Å². The largest absolute Gasteiger partial charge is 0.497 e. The zero-order chi connectivity index (χ0) is 17.4. The lowest BCUT2D eigenvalue weighted by molar-refractivity contribution is 0.415. The van der Waals surface area contributed by atoms with Crippen molar-refractivity contribution in [2.75, 3.05) is 7.11 Å². The topological polar surface area (TPSA) is 56.5 Å². The number of ether oxygens (including phenoxy) is 1. The molecule has 4 rings (SSSR count). The van der Waals surface area contributed by atoms with Gasteiger partial charge in [-0.1, -0.05) is 47.2 Å². The zero-order valence-corrected chi connectivity index (χ0v) is 14.6. The Morgan fingerprint density at radius 1 is 1.12 bits per heavy atom. The first kappa shape index (κ1) is 15.5. The van der Waals surface area contributed by atoms with Crippen LogP contribution in [-0.2, 0) is 0 Å². The molecule has 4 aromatic rings. The second-order valence-electron chi connectivity index (χ2n) is 5.70. The van der Waals surface area contributed by atoms with E-state index in [2.05, 4.69) is 10.2 Å². The van der Waals surface area contributed by atoms with Crippen molar-refractivity contribution in [2.45, 2.75) is 6.92 Å². The quantitative estimate of drug-likeness (QED) is 0.571. The SMILES string of the molecule is COc1ccc(/C=c2\sc3nnc(-c4cccc(C)c4)n3c2=O)cc1. The molecule has 0 spiro atoms. The van der Waals surface area contributed by atoms with Gasteiger partial charge in [0.15, 0.2) is 5.82 Å². The molecule has 5 nitrogen and oxygen atoms in total. The Kier molecular flexibility index (Phi) is 3.82. The molecule has 0 aliphatic rings. The summed E-state index contributed by atoms with van der Waals surface area (Å²) in [6.07, 6.45) is 1.86. The molecule has 25 heavy (non-hydrogen) atoms. The number of hydrogen-bond donors (Lipinski definition) is 0. The molecule has 2 aromatic carbocycles. The van der Waals surface area contributed by atoms with E-state index in [4.69, 9.17) is 4.74 Å². The molecule has 2 aromatic heterocycles. The molecule has 124 valence electrons. The Morgan fingerprint density at radius 2 is 1.92 bits per heavy atom. The Morgan fingerprint density at radius 3 is 2.64 bits per heavy atom. The number of fused-ring (bicyclic) bond motifs is 1. The van der Waals surface area contributed by atoms with E-state index in [0.29, 0.717) is 15.3 Å². The molecule has 0 fully saturated rings. The zero-order valence-electron chi connectivity index (χ0n) is 13.8. The predicted molar refractivity (Wildman–Crippen MR) is 99.1 cm³/mol. The third-order valence-electron chi connectivity index (χ3n) is 3.94. The fraction of sp³-hybridized carbons (Fsp3) is 0.105. The number of nitrogens with zero attached hydrogens (tertiary/aromatic N) is 3. The van der Waals surface area contributed by atoms with Crippen LogP contribution in [0.3, 0.4) is 0 Å². The van der Waals surface area contributed by atoms with Gasteiger partial charge in [-0.05, 0) is 36.8 Å². The van der Waals surface area contributed by atoms with Gasteiger partial charge in [-0.25, -0.2) is 4.40 Å². The minimum Gasteiger partial charge on any atom is -0.497 e. The summed E-state index contributed by atoms with van der Waals surface area (Å²) >= 11 is 1.34. The lowest BCUT2D eigenvalue weighted by Gasteiger charge is -1.98. The number of methoxy groups -OCH3 is 1. The highest BCUT2D eigenvalue weighted by Gasteiger charge is 2.14. The summed E-state index contributed by atoms with van der Waals surface area (Å²) in [5, 5.41) is 8.36. The van der Waals surface area contributed by atoms with Gasteiger partial charge in [0.2, 0.25) is 4.96 Å². The average molecular weight is 349 g/mol. The summed E-state index contributed by atoms with van der Waals surface area (Å²) < 4.78 is 7.36. The second kappa shape index (κ2) is 6.14. The molecule has 0 bridgehead atoms.